The van der Waals surface area contributed by atoms with Gasteiger partial charge in [-0.15, -0.1) is 0 Å². The van der Waals surface area contributed by atoms with Gasteiger partial charge in [0, 0.05) is 29.8 Å². The van der Waals surface area contributed by atoms with Crippen molar-refractivity contribution in [3.8, 4) is 0 Å². The van der Waals surface area contributed by atoms with Crippen molar-refractivity contribution in [1.29, 1.82) is 0 Å². The van der Waals surface area contributed by atoms with Gasteiger partial charge >= 0.3 is 0 Å². The average molecular weight is 246 g/mol. The number of benzene rings is 1. The highest BCUT2D eigenvalue weighted by Crippen LogP contribution is 2.15. The Morgan fingerprint density at radius 3 is 2.75 bits per heavy atom. The molecular weight excluding hydrogens is 229 g/mol. The Hall–Kier alpha value is -0.640. The maximum Gasteiger partial charge on any atom is 0.127 e. The molecule has 0 heterocycles. The van der Waals surface area contributed by atoms with E-state index in [4.69, 9.17) is 16.3 Å². The molecule has 90 valence electrons. The fourth-order valence-electron chi connectivity index (χ4n) is 1.43. The van der Waals surface area contributed by atoms with Crippen molar-refractivity contribution >= 4 is 11.6 Å². The van der Waals surface area contributed by atoms with E-state index in [1.807, 2.05) is 13.8 Å². The van der Waals surface area contributed by atoms with Gasteiger partial charge in [0.15, 0.2) is 0 Å². The maximum absolute atomic E-state index is 13.4. The van der Waals surface area contributed by atoms with Gasteiger partial charge < -0.3 is 10.1 Å². The van der Waals surface area contributed by atoms with Crippen LogP contribution < -0.4 is 5.32 Å². The van der Waals surface area contributed by atoms with Crippen LogP contribution in [0.2, 0.25) is 5.02 Å². The zero-order valence-electron chi connectivity index (χ0n) is 9.81. The second kappa shape index (κ2) is 5.62. The molecule has 1 aromatic carbocycles. The number of ether oxygens (including phenoxy) is 1. The van der Waals surface area contributed by atoms with E-state index in [0.717, 1.165) is 0 Å². The summed E-state index contributed by atoms with van der Waals surface area (Å²) < 4.78 is 18.5. The van der Waals surface area contributed by atoms with Gasteiger partial charge in [-0.05, 0) is 32.0 Å². The molecule has 2 nitrogen and oxygen atoms in total. The first-order valence-corrected chi connectivity index (χ1v) is 5.50. The second-order valence-electron chi connectivity index (χ2n) is 4.41. The third-order valence-corrected chi connectivity index (χ3v) is 2.51. The first-order chi connectivity index (χ1) is 7.44. The summed E-state index contributed by atoms with van der Waals surface area (Å²) in [5, 5.41) is 3.76. The largest absolute Gasteiger partial charge is 0.383 e. The lowest BCUT2D eigenvalue weighted by atomic mass is 10.1. The first kappa shape index (κ1) is 13.4. The highest BCUT2D eigenvalue weighted by molar-refractivity contribution is 6.30. The molecule has 0 saturated carbocycles. The molecule has 0 fully saturated rings. The number of nitrogens with one attached hydrogen (secondary N) is 1. The van der Waals surface area contributed by atoms with Crippen LogP contribution in [0.25, 0.3) is 0 Å². The van der Waals surface area contributed by atoms with Crippen molar-refractivity contribution in [2.24, 2.45) is 0 Å². The summed E-state index contributed by atoms with van der Waals surface area (Å²) in [5.74, 6) is -0.245. The minimum absolute atomic E-state index is 0.191. The Morgan fingerprint density at radius 2 is 2.12 bits per heavy atom. The highest BCUT2D eigenvalue weighted by Gasteiger charge is 2.17. The lowest BCUT2D eigenvalue weighted by Gasteiger charge is -2.25. The van der Waals surface area contributed by atoms with Crippen LogP contribution in [-0.4, -0.2) is 19.3 Å². The minimum atomic E-state index is -0.245. The molecule has 0 aliphatic heterocycles. The Bertz CT molecular complexity index is 355. The molecule has 0 atom stereocenters. The molecule has 0 bridgehead atoms. The van der Waals surface area contributed by atoms with Gasteiger partial charge in [-0.3, -0.25) is 0 Å². The van der Waals surface area contributed by atoms with Crippen molar-refractivity contribution in [1.82, 2.24) is 5.32 Å². The quantitative estimate of drug-likeness (QED) is 0.861. The molecule has 0 aliphatic carbocycles. The standard InChI is InChI=1S/C12H17ClFNO/c1-12(2,8-16-3)15-7-9-6-10(13)4-5-11(9)14/h4-6,15H,7-8H2,1-3H3. The monoisotopic (exact) mass is 245 g/mol. The van der Waals surface area contributed by atoms with Gasteiger partial charge in [-0.25, -0.2) is 4.39 Å². The molecule has 1 rings (SSSR count). The van der Waals surface area contributed by atoms with E-state index in [0.29, 0.717) is 23.7 Å². The van der Waals surface area contributed by atoms with Crippen LogP contribution in [0.15, 0.2) is 18.2 Å². The smallest absolute Gasteiger partial charge is 0.127 e. The fraction of sp³-hybridized carbons (Fsp3) is 0.500. The molecular formula is C12H17ClFNO. The summed E-state index contributed by atoms with van der Waals surface area (Å²) in [7, 11) is 1.64. The third kappa shape index (κ3) is 4.08. The van der Waals surface area contributed by atoms with Crippen LogP contribution in [0.1, 0.15) is 19.4 Å². The van der Waals surface area contributed by atoms with Crippen molar-refractivity contribution in [3.63, 3.8) is 0 Å². The topological polar surface area (TPSA) is 21.3 Å². The SMILES string of the molecule is COCC(C)(C)NCc1cc(Cl)ccc1F. The van der Waals surface area contributed by atoms with Crippen LogP contribution in [0.3, 0.4) is 0 Å². The summed E-state index contributed by atoms with van der Waals surface area (Å²) in [6, 6.07) is 4.55. The minimum Gasteiger partial charge on any atom is -0.383 e. The van der Waals surface area contributed by atoms with Crippen LogP contribution in [0, 0.1) is 5.82 Å². The Morgan fingerprint density at radius 1 is 1.44 bits per heavy atom. The van der Waals surface area contributed by atoms with E-state index < -0.39 is 0 Å². The van der Waals surface area contributed by atoms with Gasteiger partial charge in [0.25, 0.3) is 0 Å². The summed E-state index contributed by atoms with van der Waals surface area (Å²) in [5.41, 5.74) is 0.375. The van der Waals surface area contributed by atoms with Crippen molar-refractivity contribution in [3.05, 3.63) is 34.6 Å². The molecule has 0 spiro atoms. The number of halogens is 2. The molecule has 0 saturated heterocycles. The zero-order chi connectivity index (χ0) is 12.2. The Kier molecular flexibility index (Phi) is 4.71. The highest BCUT2D eigenvalue weighted by atomic mass is 35.5. The molecule has 1 N–H and O–H groups in total. The number of hydrogen-bond donors (Lipinski definition) is 1. The fourth-order valence-corrected chi connectivity index (χ4v) is 1.62. The lowest BCUT2D eigenvalue weighted by Crippen LogP contribution is -2.42. The Balaban J connectivity index is 2.63. The van der Waals surface area contributed by atoms with E-state index in [1.165, 1.54) is 6.07 Å². The predicted octanol–water partition coefficient (Wildman–Crippen LogP) is 2.99. The van der Waals surface area contributed by atoms with Crippen LogP contribution in [0.4, 0.5) is 4.39 Å². The Labute approximate surface area is 101 Å². The molecule has 4 heteroatoms. The van der Waals surface area contributed by atoms with Crippen molar-refractivity contribution in [2.75, 3.05) is 13.7 Å². The van der Waals surface area contributed by atoms with Gasteiger partial charge in [0.1, 0.15) is 5.82 Å². The summed E-state index contributed by atoms with van der Waals surface area (Å²) in [6.45, 7) is 5.00. The first-order valence-electron chi connectivity index (χ1n) is 5.12. The van der Waals surface area contributed by atoms with Crippen molar-refractivity contribution < 1.29 is 9.13 Å². The van der Waals surface area contributed by atoms with E-state index >= 15 is 0 Å². The number of methoxy groups -OCH3 is 1. The van der Waals surface area contributed by atoms with E-state index in [1.54, 1.807) is 19.2 Å². The van der Waals surface area contributed by atoms with Gasteiger partial charge in [-0.2, -0.15) is 0 Å². The lowest BCUT2D eigenvalue weighted by molar-refractivity contribution is 0.127. The van der Waals surface area contributed by atoms with Gasteiger partial charge in [0.05, 0.1) is 6.61 Å². The third-order valence-electron chi connectivity index (χ3n) is 2.27. The molecule has 0 amide bonds. The van der Waals surface area contributed by atoms with Crippen LogP contribution in [0.5, 0.6) is 0 Å². The molecule has 0 unspecified atom stereocenters. The number of hydrogen-bond acceptors (Lipinski definition) is 2. The summed E-state index contributed by atoms with van der Waals surface area (Å²) >= 11 is 5.81. The van der Waals surface area contributed by atoms with Gasteiger partial charge in [-0.1, -0.05) is 11.6 Å². The predicted molar refractivity (Wildman–Crippen MR) is 64.2 cm³/mol. The molecule has 0 aromatic heterocycles. The molecule has 0 aliphatic rings. The maximum atomic E-state index is 13.4. The molecule has 1 aromatic rings. The van der Waals surface area contributed by atoms with Crippen molar-refractivity contribution in [2.45, 2.75) is 25.9 Å². The van der Waals surface area contributed by atoms with Crippen LogP contribution >= 0.6 is 11.6 Å². The van der Waals surface area contributed by atoms with E-state index in [2.05, 4.69) is 5.32 Å². The second-order valence-corrected chi connectivity index (χ2v) is 4.84. The van der Waals surface area contributed by atoms with E-state index in [-0.39, 0.29) is 11.4 Å². The zero-order valence-corrected chi connectivity index (χ0v) is 10.6. The molecule has 16 heavy (non-hydrogen) atoms. The van der Waals surface area contributed by atoms with Crippen LogP contribution in [-0.2, 0) is 11.3 Å². The summed E-state index contributed by atoms with van der Waals surface area (Å²) in [4.78, 5) is 0. The average Bonchev–Trinajstić information content (AvgIpc) is 2.19. The number of rotatable bonds is 5. The summed E-state index contributed by atoms with van der Waals surface area (Å²) in [6.07, 6.45) is 0. The normalized spacial score (nSPS) is 11.8. The molecule has 0 radical (unpaired) electrons. The van der Waals surface area contributed by atoms with E-state index in [9.17, 15) is 4.39 Å². The van der Waals surface area contributed by atoms with Gasteiger partial charge in [0.2, 0.25) is 0 Å².